The van der Waals surface area contributed by atoms with Crippen molar-refractivity contribution < 1.29 is 9.90 Å². The van der Waals surface area contributed by atoms with E-state index in [9.17, 15) is 4.79 Å². The Morgan fingerprint density at radius 3 is 2.30 bits per heavy atom. The van der Waals surface area contributed by atoms with Crippen molar-refractivity contribution in [1.29, 1.82) is 5.41 Å². The van der Waals surface area contributed by atoms with Gasteiger partial charge in [-0.3, -0.25) is 10.2 Å². The summed E-state index contributed by atoms with van der Waals surface area (Å²) in [6.07, 6.45) is 1.98. The van der Waals surface area contributed by atoms with Gasteiger partial charge in [0.1, 0.15) is 0 Å². The van der Waals surface area contributed by atoms with Crippen LogP contribution >= 0.6 is 0 Å². The first kappa shape index (κ1) is 8.94. The van der Waals surface area contributed by atoms with Crippen molar-refractivity contribution in [3.8, 4) is 0 Å². The fourth-order valence-corrected chi connectivity index (χ4v) is 0.592. The van der Waals surface area contributed by atoms with E-state index in [2.05, 4.69) is 0 Å². The molecule has 0 rings (SSSR count). The number of hydrogen-bond acceptors (Lipinski definition) is 2. The standard InChI is InChI=1S/C6H12N2O2/c7-5(8)3-1-2-4-6(9)10/h1-4H2,(H3,7,8)(H,9,10). The van der Waals surface area contributed by atoms with Gasteiger partial charge in [0, 0.05) is 12.8 Å². The van der Waals surface area contributed by atoms with E-state index in [-0.39, 0.29) is 12.3 Å². The van der Waals surface area contributed by atoms with Gasteiger partial charge in [-0.15, -0.1) is 0 Å². The van der Waals surface area contributed by atoms with Crippen LogP contribution in [-0.2, 0) is 4.79 Å². The van der Waals surface area contributed by atoms with Crippen LogP contribution in [0.1, 0.15) is 25.7 Å². The Bertz CT molecular complexity index is 118. The number of carbonyl (C=O) groups is 1. The number of nitrogens with two attached hydrogens (primary N) is 1. The van der Waals surface area contributed by atoms with Crippen LogP contribution in [0.3, 0.4) is 0 Å². The second kappa shape index (κ2) is 4.78. The van der Waals surface area contributed by atoms with Gasteiger partial charge in [0.05, 0.1) is 5.84 Å². The van der Waals surface area contributed by atoms with Crippen LogP contribution in [0.2, 0.25) is 0 Å². The Kier molecular flexibility index (Phi) is 4.28. The van der Waals surface area contributed by atoms with E-state index in [0.29, 0.717) is 19.3 Å². The first-order valence-electron chi connectivity index (χ1n) is 3.17. The normalized spacial score (nSPS) is 9.20. The van der Waals surface area contributed by atoms with Gasteiger partial charge >= 0.3 is 5.97 Å². The Labute approximate surface area is 59.5 Å². The molecule has 0 aliphatic heterocycles. The molecule has 0 amide bonds. The lowest BCUT2D eigenvalue weighted by molar-refractivity contribution is -0.137. The fourth-order valence-electron chi connectivity index (χ4n) is 0.592. The van der Waals surface area contributed by atoms with Gasteiger partial charge in [0.25, 0.3) is 0 Å². The van der Waals surface area contributed by atoms with Crippen molar-refractivity contribution >= 4 is 11.8 Å². The molecule has 0 atom stereocenters. The summed E-state index contributed by atoms with van der Waals surface area (Å²) in [7, 11) is 0. The van der Waals surface area contributed by atoms with Crippen molar-refractivity contribution in [2.24, 2.45) is 5.73 Å². The number of rotatable bonds is 5. The molecule has 10 heavy (non-hydrogen) atoms. The minimum atomic E-state index is -0.788. The molecule has 0 unspecified atom stereocenters. The molecule has 0 aliphatic rings. The van der Waals surface area contributed by atoms with Gasteiger partial charge in [-0.25, -0.2) is 0 Å². The number of hydrogen-bond donors (Lipinski definition) is 3. The van der Waals surface area contributed by atoms with Crippen molar-refractivity contribution in [3.63, 3.8) is 0 Å². The van der Waals surface area contributed by atoms with Crippen LogP contribution in [0.25, 0.3) is 0 Å². The molecular weight excluding hydrogens is 132 g/mol. The van der Waals surface area contributed by atoms with Gasteiger partial charge < -0.3 is 10.8 Å². The highest BCUT2D eigenvalue weighted by molar-refractivity contribution is 5.76. The highest BCUT2D eigenvalue weighted by Gasteiger charge is 1.96. The van der Waals surface area contributed by atoms with E-state index in [1.165, 1.54) is 0 Å². The summed E-state index contributed by atoms with van der Waals surface area (Å²) < 4.78 is 0. The summed E-state index contributed by atoms with van der Waals surface area (Å²) >= 11 is 0. The average molecular weight is 144 g/mol. The molecular formula is C6H12N2O2. The van der Waals surface area contributed by atoms with Gasteiger partial charge in [-0.2, -0.15) is 0 Å². The number of amidine groups is 1. The summed E-state index contributed by atoms with van der Waals surface area (Å²) in [5.41, 5.74) is 5.05. The zero-order chi connectivity index (χ0) is 7.98. The maximum atomic E-state index is 9.96. The SMILES string of the molecule is N=C(N)CCCCC(=O)O. The topological polar surface area (TPSA) is 87.2 Å². The predicted octanol–water partition coefficient (Wildman–Crippen LogP) is 0.567. The smallest absolute Gasteiger partial charge is 0.303 e. The molecule has 0 aliphatic carbocycles. The molecule has 0 saturated heterocycles. The number of unbranched alkanes of at least 4 members (excludes halogenated alkanes) is 1. The van der Waals surface area contributed by atoms with E-state index >= 15 is 0 Å². The van der Waals surface area contributed by atoms with Crippen LogP contribution < -0.4 is 5.73 Å². The van der Waals surface area contributed by atoms with E-state index in [4.69, 9.17) is 16.2 Å². The van der Waals surface area contributed by atoms with Gasteiger partial charge in [-0.1, -0.05) is 0 Å². The van der Waals surface area contributed by atoms with Crippen LogP contribution in [0, 0.1) is 5.41 Å². The molecule has 0 aromatic rings. The second-order valence-electron chi connectivity index (χ2n) is 2.13. The highest BCUT2D eigenvalue weighted by Crippen LogP contribution is 1.98. The van der Waals surface area contributed by atoms with Crippen molar-refractivity contribution in [1.82, 2.24) is 0 Å². The van der Waals surface area contributed by atoms with Gasteiger partial charge in [-0.05, 0) is 12.8 Å². The lowest BCUT2D eigenvalue weighted by Crippen LogP contribution is -2.08. The predicted molar refractivity (Wildman–Crippen MR) is 38.0 cm³/mol. The molecule has 0 spiro atoms. The molecule has 0 bridgehead atoms. The molecule has 4 heteroatoms. The minimum Gasteiger partial charge on any atom is -0.481 e. The number of aliphatic carboxylic acids is 1. The van der Waals surface area contributed by atoms with E-state index in [1.54, 1.807) is 0 Å². The lowest BCUT2D eigenvalue weighted by atomic mass is 10.2. The zero-order valence-electron chi connectivity index (χ0n) is 5.76. The molecule has 58 valence electrons. The third-order valence-corrected chi connectivity index (χ3v) is 1.09. The highest BCUT2D eigenvalue weighted by atomic mass is 16.4. The number of carboxylic acid groups (broad SMARTS) is 1. The molecule has 0 saturated carbocycles. The molecule has 0 radical (unpaired) electrons. The Morgan fingerprint density at radius 1 is 1.40 bits per heavy atom. The van der Waals surface area contributed by atoms with E-state index < -0.39 is 5.97 Å². The van der Waals surface area contributed by atoms with Crippen LogP contribution in [-0.4, -0.2) is 16.9 Å². The largest absolute Gasteiger partial charge is 0.481 e. The monoisotopic (exact) mass is 144 g/mol. The average Bonchev–Trinajstić information content (AvgIpc) is 1.79. The number of carboxylic acids is 1. The summed E-state index contributed by atoms with van der Waals surface area (Å²) in [4.78, 5) is 9.96. The fraction of sp³-hybridized carbons (Fsp3) is 0.667. The molecule has 0 heterocycles. The van der Waals surface area contributed by atoms with Crippen molar-refractivity contribution in [2.75, 3.05) is 0 Å². The third-order valence-electron chi connectivity index (χ3n) is 1.09. The number of nitrogens with one attached hydrogen (secondary N) is 1. The Hall–Kier alpha value is -1.06. The molecule has 4 N–H and O–H groups in total. The minimum absolute atomic E-state index is 0.130. The Morgan fingerprint density at radius 2 is 1.90 bits per heavy atom. The van der Waals surface area contributed by atoms with Crippen LogP contribution in [0.4, 0.5) is 0 Å². The maximum Gasteiger partial charge on any atom is 0.303 e. The molecule has 4 nitrogen and oxygen atoms in total. The van der Waals surface area contributed by atoms with Crippen LogP contribution in [0.5, 0.6) is 0 Å². The van der Waals surface area contributed by atoms with Gasteiger partial charge in [0.2, 0.25) is 0 Å². The summed E-state index contributed by atoms with van der Waals surface area (Å²) in [6.45, 7) is 0. The second-order valence-corrected chi connectivity index (χ2v) is 2.13. The maximum absolute atomic E-state index is 9.96. The molecule has 0 aromatic heterocycles. The first-order valence-corrected chi connectivity index (χ1v) is 3.17. The summed E-state index contributed by atoms with van der Waals surface area (Å²) in [5, 5.41) is 15.0. The van der Waals surface area contributed by atoms with Crippen molar-refractivity contribution in [3.05, 3.63) is 0 Å². The lowest BCUT2D eigenvalue weighted by Gasteiger charge is -1.94. The van der Waals surface area contributed by atoms with Gasteiger partial charge in [0.15, 0.2) is 0 Å². The molecule has 0 fully saturated rings. The third kappa shape index (κ3) is 6.94. The molecule has 0 aromatic carbocycles. The van der Waals surface area contributed by atoms with E-state index in [0.717, 1.165) is 0 Å². The van der Waals surface area contributed by atoms with Crippen molar-refractivity contribution in [2.45, 2.75) is 25.7 Å². The summed E-state index contributed by atoms with van der Waals surface area (Å²) in [5.74, 6) is -0.658. The first-order chi connectivity index (χ1) is 4.63. The Balaban J connectivity index is 3.06. The quantitative estimate of drug-likeness (QED) is 0.299. The zero-order valence-corrected chi connectivity index (χ0v) is 5.76. The van der Waals surface area contributed by atoms with Crippen LogP contribution in [0.15, 0.2) is 0 Å². The van der Waals surface area contributed by atoms with E-state index in [1.807, 2.05) is 0 Å². The summed E-state index contributed by atoms with van der Waals surface area (Å²) in [6, 6.07) is 0.